The first-order valence-electron chi connectivity index (χ1n) is 3.81. The third-order valence-electron chi connectivity index (χ3n) is 1.94. The van der Waals surface area contributed by atoms with Gasteiger partial charge in [-0.15, -0.1) is 0 Å². The van der Waals surface area contributed by atoms with E-state index in [1.54, 1.807) is 0 Å². The highest BCUT2D eigenvalue weighted by Crippen LogP contribution is 2.00. The van der Waals surface area contributed by atoms with Crippen LogP contribution in [-0.4, -0.2) is 36.6 Å². The lowest BCUT2D eigenvalue weighted by Crippen LogP contribution is -2.74. The number of piperazine rings is 1. The second kappa shape index (κ2) is 2.70. The Morgan fingerprint density at radius 2 is 1.92 bits per heavy atom. The summed E-state index contributed by atoms with van der Waals surface area (Å²) in [7, 11) is 0. The van der Waals surface area contributed by atoms with Crippen LogP contribution in [0.5, 0.6) is 0 Å². The van der Waals surface area contributed by atoms with Crippen LogP contribution in [0.2, 0.25) is 0 Å². The Hall–Kier alpha value is -1.63. The van der Waals surface area contributed by atoms with Gasteiger partial charge in [-0.05, 0) is 0 Å². The Balaban J connectivity index is 2.15. The Kier molecular flexibility index (Phi) is 1.66. The number of rotatable bonds is 0. The van der Waals surface area contributed by atoms with Crippen LogP contribution in [-0.2, 0) is 9.59 Å². The monoisotopic (exact) mass is 184 g/mol. The molecule has 7 heteroatoms. The second-order valence-electron chi connectivity index (χ2n) is 2.87. The van der Waals surface area contributed by atoms with Gasteiger partial charge in [0.2, 0.25) is 11.8 Å². The average Bonchev–Trinajstić information content (AvgIpc) is 2.02. The first-order chi connectivity index (χ1) is 6.16. The number of nitrogens with one attached hydrogen (secondary N) is 4. The van der Waals surface area contributed by atoms with Gasteiger partial charge in [0, 0.05) is 0 Å². The molecule has 0 aromatic carbocycles. The number of imide groups is 1. The maximum atomic E-state index is 11.2. The fourth-order valence-electron chi connectivity index (χ4n) is 1.36. The van der Waals surface area contributed by atoms with Crippen LogP contribution < -0.4 is 21.3 Å². The molecule has 13 heavy (non-hydrogen) atoms. The van der Waals surface area contributed by atoms with E-state index < -0.39 is 24.1 Å². The molecule has 70 valence electrons. The molecule has 4 amide bonds. The molecule has 0 aromatic rings. The summed E-state index contributed by atoms with van der Waals surface area (Å²) in [6.07, 6.45) is -0.637. The lowest BCUT2D eigenvalue weighted by atomic mass is 10.1. The molecule has 0 aliphatic carbocycles. The van der Waals surface area contributed by atoms with Crippen LogP contribution in [0.4, 0.5) is 4.79 Å². The molecule has 2 saturated heterocycles. The normalized spacial score (nSPS) is 32.8. The molecular weight excluding hydrogens is 176 g/mol. The van der Waals surface area contributed by atoms with E-state index in [1.807, 2.05) is 0 Å². The van der Waals surface area contributed by atoms with Crippen molar-refractivity contribution in [2.45, 2.75) is 12.2 Å². The Bertz CT molecular complexity index is 288. The molecule has 0 spiro atoms. The molecule has 2 fully saturated rings. The average molecular weight is 184 g/mol. The molecule has 2 aliphatic rings. The lowest BCUT2D eigenvalue weighted by molar-refractivity contribution is -0.129. The molecule has 0 aromatic heterocycles. The zero-order valence-corrected chi connectivity index (χ0v) is 6.59. The molecule has 0 radical (unpaired) electrons. The minimum atomic E-state index is -0.637. The van der Waals surface area contributed by atoms with Gasteiger partial charge in [0.05, 0.1) is 6.54 Å². The maximum Gasteiger partial charge on any atom is 0.323 e. The van der Waals surface area contributed by atoms with Gasteiger partial charge in [0.25, 0.3) is 0 Å². The third kappa shape index (κ3) is 1.33. The summed E-state index contributed by atoms with van der Waals surface area (Å²) in [5.41, 5.74) is 0. The lowest BCUT2D eigenvalue weighted by Gasteiger charge is -2.35. The summed E-state index contributed by atoms with van der Waals surface area (Å²) in [6.45, 7) is 0.0878. The maximum absolute atomic E-state index is 11.2. The topological polar surface area (TPSA) is 99.3 Å². The summed E-state index contributed by atoms with van der Waals surface area (Å²) in [6, 6.07) is -1.16. The van der Waals surface area contributed by atoms with E-state index in [0.717, 1.165) is 0 Å². The number of amides is 4. The number of urea groups is 1. The second-order valence-corrected chi connectivity index (χ2v) is 2.87. The van der Waals surface area contributed by atoms with Crippen molar-refractivity contribution in [1.82, 2.24) is 21.3 Å². The highest BCUT2D eigenvalue weighted by Gasteiger charge is 2.38. The van der Waals surface area contributed by atoms with Crippen LogP contribution >= 0.6 is 0 Å². The fraction of sp³-hybridized carbons (Fsp3) is 0.500. The van der Waals surface area contributed by atoms with E-state index in [0.29, 0.717) is 0 Å². The van der Waals surface area contributed by atoms with Crippen LogP contribution in [0.15, 0.2) is 0 Å². The van der Waals surface area contributed by atoms with Crippen molar-refractivity contribution in [1.29, 1.82) is 0 Å². The molecule has 7 nitrogen and oxygen atoms in total. The summed E-state index contributed by atoms with van der Waals surface area (Å²) in [5, 5.41) is 9.69. The standard InChI is InChI=1S/C6H8N4O3/c11-2-1-7-3-4(8-2)9-6(13)10-5(3)12/h3-4,7H,1H2,(H,8,11)(H2,9,10,12,13). The molecule has 0 bridgehead atoms. The molecule has 4 N–H and O–H groups in total. The molecule has 2 heterocycles. The van der Waals surface area contributed by atoms with E-state index in [1.165, 1.54) is 0 Å². The van der Waals surface area contributed by atoms with Gasteiger partial charge in [0.15, 0.2) is 0 Å². The van der Waals surface area contributed by atoms with Gasteiger partial charge in [-0.25, -0.2) is 4.79 Å². The van der Waals surface area contributed by atoms with Crippen LogP contribution in [0, 0.1) is 0 Å². The fourth-order valence-corrected chi connectivity index (χ4v) is 1.36. The van der Waals surface area contributed by atoms with Gasteiger partial charge >= 0.3 is 6.03 Å². The van der Waals surface area contributed by atoms with Gasteiger partial charge in [-0.2, -0.15) is 0 Å². The van der Waals surface area contributed by atoms with E-state index in [4.69, 9.17) is 0 Å². The minimum Gasteiger partial charge on any atom is -0.333 e. The SMILES string of the molecule is O=C1CNC2C(=O)NC(=O)NC2N1. The third-order valence-corrected chi connectivity index (χ3v) is 1.94. The molecule has 2 unspecified atom stereocenters. The van der Waals surface area contributed by atoms with E-state index in [-0.39, 0.29) is 12.5 Å². The highest BCUT2D eigenvalue weighted by molar-refractivity contribution is 6.01. The van der Waals surface area contributed by atoms with Crippen LogP contribution in [0.25, 0.3) is 0 Å². The number of carbonyl (C=O) groups excluding carboxylic acids is 3. The first kappa shape index (κ1) is 7.99. The van der Waals surface area contributed by atoms with Gasteiger partial charge < -0.3 is 10.6 Å². The number of hydrogen-bond donors (Lipinski definition) is 4. The van der Waals surface area contributed by atoms with E-state index in [2.05, 4.69) is 21.3 Å². The predicted octanol–water partition coefficient (Wildman–Crippen LogP) is -2.76. The zero-order valence-electron chi connectivity index (χ0n) is 6.59. The molecule has 2 aliphatic heterocycles. The van der Waals surface area contributed by atoms with Crippen molar-refractivity contribution >= 4 is 17.8 Å². The zero-order chi connectivity index (χ0) is 9.42. The Labute approximate surface area is 73.2 Å². The molecule has 2 atom stereocenters. The summed E-state index contributed by atoms with van der Waals surface area (Å²) in [4.78, 5) is 32.8. The Morgan fingerprint density at radius 1 is 1.15 bits per heavy atom. The van der Waals surface area contributed by atoms with Crippen molar-refractivity contribution in [3.05, 3.63) is 0 Å². The van der Waals surface area contributed by atoms with Gasteiger partial charge in [0.1, 0.15) is 12.2 Å². The van der Waals surface area contributed by atoms with Crippen molar-refractivity contribution in [3.63, 3.8) is 0 Å². The number of fused-ring (bicyclic) bond motifs is 1. The van der Waals surface area contributed by atoms with Gasteiger partial charge in [-0.1, -0.05) is 0 Å². The van der Waals surface area contributed by atoms with Gasteiger partial charge in [-0.3, -0.25) is 20.2 Å². The van der Waals surface area contributed by atoms with Crippen molar-refractivity contribution in [3.8, 4) is 0 Å². The molecule has 2 rings (SSSR count). The highest BCUT2D eigenvalue weighted by atomic mass is 16.2. The van der Waals surface area contributed by atoms with Crippen LogP contribution in [0.1, 0.15) is 0 Å². The summed E-state index contributed by atoms with van der Waals surface area (Å²) >= 11 is 0. The smallest absolute Gasteiger partial charge is 0.323 e. The quantitative estimate of drug-likeness (QED) is 0.327. The largest absolute Gasteiger partial charge is 0.333 e. The predicted molar refractivity (Wildman–Crippen MR) is 40.4 cm³/mol. The summed E-state index contributed by atoms with van der Waals surface area (Å²) in [5.74, 6) is -0.662. The van der Waals surface area contributed by atoms with E-state index in [9.17, 15) is 14.4 Å². The van der Waals surface area contributed by atoms with E-state index >= 15 is 0 Å². The number of hydrogen-bond acceptors (Lipinski definition) is 4. The minimum absolute atomic E-state index is 0.0878. The summed E-state index contributed by atoms with van der Waals surface area (Å²) < 4.78 is 0. The molecular formula is C6H8N4O3. The van der Waals surface area contributed by atoms with Crippen molar-refractivity contribution in [2.75, 3.05) is 6.54 Å². The van der Waals surface area contributed by atoms with Crippen molar-refractivity contribution in [2.24, 2.45) is 0 Å². The molecule has 0 saturated carbocycles. The van der Waals surface area contributed by atoms with Crippen LogP contribution in [0.3, 0.4) is 0 Å². The number of carbonyl (C=O) groups is 3. The first-order valence-corrected chi connectivity index (χ1v) is 3.81. The Morgan fingerprint density at radius 3 is 2.69 bits per heavy atom. The van der Waals surface area contributed by atoms with Crippen molar-refractivity contribution < 1.29 is 14.4 Å².